The molecule has 1 aliphatic rings. The summed E-state index contributed by atoms with van der Waals surface area (Å²) in [5.41, 5.74) is 1.07. The number of nitrogens with one attached hydrogen (secondary N) is 1. The van der Waals surface area contributed by atoms with Crippen molar-refractivity contribution in [3.8, 4) is 6.07 Å². The Morgan fingerprint density at radius 1 is 1.60 bits per heavy atom. The SMILES string of the molecule is CNS(=O)(=O)C1CCN(c2ncc(Cl)c(C)c2C#N)C1. The highest BCUT2D eigenvalue weighted by molar-refractivity contribution is 7.90. The summed E-state index contributed by atoms with van der Waals surface area (Å²) in [6, 6.07) is 2.10. The maximum atomic E-state index is 11.8. The number of hydrogen-bond donors (Lipinski definition) is 1. The molecule has 1 unspecified atom stereocenters. The van der Waals surface area contributed by atoms with Crippen molar-refractivity contribution in [2.24, 2.45) is 0 Å². The lowest BCUT2D eigenvalue weighted by atomic mass is 10.1. The Labute approximate surface area is 123 Å². The fourth-order valence-corrected chi connectivity index (χ4v) is 3.55. The third-order valence-electron chi connectivity index (χ3n) is 3.54. The summed E-state index contributed by atoms with van der Waals surface area (Å²) >= 11 is 5.96. The van der Waals surface area contributed by atoms with Crippen molar-refractivity contribution in [1.82, 2.24) is 9.71 Å². The molecule has 0 bridgehead atoms. The molecule has 0 radical (unpaired) electrons. The van der Waals surface area contributed by atoms with E-state index in [0.29, 0.717) is 41.5 Å². The molecule has 6 nitrogen and oxygen atoms in total. The van der Waals surface area contributed by atoms with E-state index >= 15 is 0 Å². The molecule has 1 N–H and O–H groups in total. The summed E-state index contributed by atoms with van der Waals surface area (Å²) in [5.74, 6) is 0.503. The predicted octanol–water partition coefficient (Wildman–Crippen LogP) is 1.04. The molecule has 20 heavy (non-hydrogen) atoms. The Bertz CT molecular complexity index is 669. The highest BCUT2D eigenvalue weighted by atomic mass is 35.5. The molecule has 0 spiro atoms. The maximum absolute atomic E-state index is 11.8. The van der Waals surface area contributed by atoms with Crippen LogP contribution in [0.5, 0.6) is 0 Å². The molecular formula is C12H15ClN4O2S. The van der Waals surface area contributed by atoms with Crippen LogP contribution in [0.25, 0.3) is 0 Å². The van der Waals surface area contributed by atoms with Crippen LogP contribution >= 0.6 is 11.6 Å². The van der Waals surface area contributed by atoms with Gasteiger partial charge in [0, 0.05) is 19.3 Å². The zero-order valence-electron chi connectivity index (χ0n) is 11.2. The number of nitriles is 1. The van der Waals surface area contributed by atoms with E-state index in [2.05, 4.69) is 15.8 Å². The fraction of sp³-hybridized carbons (Fsp3) is 0.500. The third kappa shape index (κ3) is 2.59. The van der Waals surface area contributed by atoms with E-state index in [-0.39, 0.29) is 0 Å². The lowest BCUT2D eigenvalue weighted by molar-refractivity contribution is 0.575. The van der Waals surface area contributed by atoms with Crippen LogP contribution in [0.3, 0.4) is 0 Å². The van der Waals surface area contributed by atoms with Gasteiger partial charge in [-0.05, 0) is 26.0 Å². The lowest BCUT2D eigenvalue weighted by Gasteiger charge is -2.19. The van der Waals surface area contributed by atoms with E-state index in [1.807, 2.05) is 4.90 Å². The van der Waals surface area contributed by atoms with E-state index in [0.717, 1.165) is 0 Å². The van der Waals surface area contributed by atoms with Crippen LogP contribution in [0.4, 0.5) is 5.82 Å². The van der Waals surface area contributed by atoms with E-state index in [9.17, 15) is 13.7 Å². The lowest BCUT2D eigenvalue weighted by Crippen LogP contribution is -2.34. The molecule has 1 saturated heterocycles. The van der Waals surface area contributed by atoms with Gasteiger partial charge in [0.25, 0.3) is 0 Å². The molecule has 1 fully saturated rings. The molecule has 0 amide bonds. The minimum Gasteiger partial charge on any atom is -0.354 e. The number of rotatable bonds is 3. The quantitative estimate of drug-likeness (QED) is 0.901. The van der Waals surface area contributed by atoms with Gasteiger partial charge in [-0.15, -0.1) is 0 Å². The van der Waals surface area contributed by atoms with Crippen molar-refractivity contribution in [3.63, 3.8) is 0 Å². The normalized spacial score (nSPS) is 19.1. The average Bonchev–Trinajstić information content (AvgIpc) is 2.92. The fourth-order valence-electron chi connectivity index (χ4n) is 2.28. The number of nitrogens with zero attached hydrogens (tertiary/aromatic N) is 3. The van der Waals surface area contributed by atoms with Gasteiger partial charge in [-0.1, -0.05) is 11.6 Å². The number of anilines is 1. The molecule has 1 aromatic heterocycles. The van der Waals surface area contributed by atoms with Gasteiger partial charge < -0.3 is 4.90 Å². The Kier molecular flexibility index (Phi) is 4.18. The Morgan fingerprint density at radius 2 is 2.30 bits per heavy atom. The molecule has 2 rings (SSSR count). The monoisotopic (exact) mass is 314 g/mol. The second kappa shape index (κ2) is 5.56. The Balaban J connectivity index is 2.32. The van der Waals surface area contributed by atoms with Gasteiger partial charge in [0.15, 0.2) is 0 Å². The zero-order valence-corrected chi connectivity index (χ0v) is 12.8. The molecule has 1 atom stereocenters. The number of pyridine rings is 1. The van der Waals surface area contributed by atoms with Crippen molar-refractivity contribution in [2.45, 2.75) is 18.6 Å². The smallest absolute Gasteiger partial charge is 0.216 e. The summed E-state index contributed by atoms with van der Waals surface area (Å²) in [7, 11) is -1.90. The zero-order chi connectivity index (χ0) is 14.9. The van der Waals surface area contributed by atoms with Crippen LogP contribution in [-0.4, -0.2) is 38.8 Å². The van der Waals surface area contributed by atoms with Gasteiger partial charge in [-0.25, -0.2) is 18.1 Å². The van der Waals surface area contributed by atoms with Crippen LogP contribution in [-0.2, 0) is 10.0 Å². The molecule has 0 aliphatic carbocycles. The van der Waals surface area contributed by atoms with Gasteiger partial charge >= 0.3 is 0 Å². The third-order valence-corrected chi connectivity index (χ3v) is 5.75. The molecule has 1 aliphatic heterocycles. The second-order valence-electron chi connectivity index (χ2n) is 4.65. The summed E-state index contributed by atoms with van der Waals surface area (Å²) in [6.07, 6.45) is 2.00. The first kappa shape index (κ1) is 15.0. The number of halogens is 1. The standard InChI is InChI=1S/C12H15ClN4O2S/c1-8-10(5-14)12(16-6-11(8)13)17-4-3-9(7-17)20(18,19)15-2/h6,9,15H,3-4,7H2,1-2H3. The van der Waals surface area contributed by atoms with Gasteiger partial charge in [-0.2, -0.15) is 5.26 Å². The minimum absolute atomic E-state index is 0.325. The first-order valence-corrected chi connectivity index (χ1v) is 8.05. The highest BCUT2D eigenvalue weighted by Gasteiger charge is 2.33. The molecule has 108 valence electrons. The van der Waals surface area contributed by atoms with Gasteiger partial charge in [0.05, 0.1) is 15.8 Å². The van der Waals surface area contributed by atoms with Crippen molar-refractivity contribution < 1.29 is 8.42 Å². The molecule has 8 heteroatoms. The number of hydrogen-bond acceptors (Lipinski definition) is 5. The van der Waals surface area contributed by atoms with Crippen LogP contribution in [0.2, 0.25) is 5.02 Å². The van der Waals surface area contributed by atoms with Crippen molar-refractivity contribution in [3.05, 3.63) is 22.3 Å². The number of sulfonamides is 1. The largest absolute Gasteiger partial charge is 0.354 e. The van der Waals surface area contributed by atoms with E-state index in [1.165, 1.54) is 13.2 Å². The first-order valence-electron chi connectivity index (χ1n) is 6.13. The average molecular weight is 315 g/mol. The van der Waals surface area contributed by atoms with Crippen molar-refractivity contribution >= 4 is 27.4 Å². The van der Waals surface area contributed by atoms with Crippen LogP contribution < -0.4 is 9.62 Å². The summed E-state index contributed by atoms with van der Waals surface area (Å²) in [4.78, 5) is 6.01. The van der Waals surface area contributed by atoms with E-state index in [1.54, 1.807) is 6.92 Å². The maximum Gasteiger partial charge on any atom is 0.216 e. The van der Waals surface area contributed by atoms with Crippen LogP contribution in [0.15, 0.2) is 6.20 Å². The molecular weight excluding hydrogens is 300 g/mol. The van der Waals surface area contributed by atoms with Gasteiger partial charge in [0.1, 0.15) is 11.9 Å². The van der Waals surface area contributed by atoms with Gasteiger partial charge in [0.2, 0.25) is 10.0 Å². The number of aromatic nitrogens is 1. The minimum atomic E-state index is -3.31. The highest BCUT2D eigenvalue weighted by Crippen LogP contribution is 2.29. The van der Waals surface area contributed by atoms with E-state index in [4.69, 9.17) is 11.6 Å². The first-order chi connectivity index (χ1) is 9.40. The molecule has 0 aromatic carbocycles. The molecule has 2 heterocycles. The van der Waals surface area contributed by atoms with Crippen LogP contribution in [0, 0.1) is 18.3 Å². The van der Waals surface area contributed by atoms with Crippen LogP contribution in [0.1, 0.15) is 17.5 Å². The topological polar surface area (TPSA) is 86.1 Å². The predicted molar refractivity (Wildman–Crippen MR) is 77.3 cm³/mol. The second-order valence-corrected chi connectivity index (χ2v) is 7.22. The Hall–Kier alpha value is -1.36. The Morgan fingerprint density at radius 3 is 2.90 bits per heavy atom. The van der Waals surface area contributed by atoms with Crippen molar-refractivity contribution in [1.29, 1.82) is 5.26 Å². The summed E-state index contributed by atoms with van der Waals surface area (Å²) in [5, 5.41) is 9.20. The molecule has 1 aromatic rings. The van der Waals surface area contributed by atoms with Crippen molar-refractivity contribution in [2.75, 3.05) is 25.0 Å². The summed E-state index contributed by atoms with van der Waals surface area (Å²) in [6.45, 7) is 2.63. The molecule has 0 saturated carbocycles. The summed E-state index contributed by atoms with van der Waals surface area (Å²) < 4.78 is 26.0. The van der Waals surface area contributed by atoms with E-state index < -0.39 is 15.3 Å². The van der Waals surface area contributed by atoms with Gasteiger partial charge in [-0.3, -0.25) is 0 Å².